The molecule has 3 rings (SSSR count). The van der Waals surface area contributed by atoms with Crippen molar-refractivity contribution >= 4 is 11.9 Å². The fourth-order valence-electron chi connectivity index (χ4n) is 3.20. The lowest BCUT2D eigenvalue weighted by Crippen LogP contribution is -2.38. The van der Waals surface area contributed by atoms with E-state index in [0.29, 0.717) is 43.2 Å². The van der Waals surface area contributed by atoms with Gasteiger partial charge in [0, 0.05) is 25.4 Å². The molecule has 1 aliphatic heterocycles. The van der Waals surface area contributed by atoms with E-state index in [1.54, 1.807) is 31.2 Å². The second kappa shape index (κ2) is 7.46. The van der Waals surface area contributed by atoms with Crippen molar-refractivity contribution in [3.63, 3.8) is 0 Å². The van der Waals surface area contributed by atoms with Crippen LogP contribution in [0, 0.1) is 6.92 Å². The number of carbonyl (C=O) groups excluding carboxylic acids is 1. The number of amides is 1. The Morgan fingerprint density at radius 1 is 1.28 bits per heavy atom. The van der Waals surface area contributed by atoms with Gasteiger partial charge in [-0.15, -0.1) is 0 Å². The number of benzene rings is 1. The molecule has 7 nitrogen and oxygen atoms in total. The molecule has 1 aromatic heterocycles. The van der Waals surface area contributed by atoms with Crippen molar-refractivity contribution in [3.8, 4) is 0 Å². The topological polar surface area (TPSA) is 96.5 Å². The Morgan fingerprint density at radius 3 is 2.64 bits per heavy atom. The SMILES string of the molecule is Cc1noc(C2CCN(C(=O)CCc3ccccc3C(=O)O)CC2)n1. The van der Waals surface area contributed by atoms with Gasteiger partial charge >= 0.3 is 5.97 Å². The molecule has 1 amide bonds. The van der Waals surface area contributed by atoms with E-state index in [9.17, 15) is 14.7 Å². The van der Waals surface area contributed by atoms with E-state index < -0.39 is 5.97 Å². The molecule has 1 aromatic carbocycles. The lowest BCUT2D eigenvalue weighted by Gasteiger charge is -2.30. The average molecular weight is 343 g/mol. The summed E-state index contributed by atoms with van der Waals surface area (Å²) in [6.07, 6.45) is 2.36. The van der Waals surface area contributed by atoms with Crippen LogP contribution in [-0.2, 0) is 11.2 Å². The molecule has 0 saturated carbocycles. The summed E-state index contributed by atoms with van der Waals surface area (Å²) in [5.41, 5.74) is 0.959. The van der Waals surface area contributed by atoms with Gasteiger partial charge in [-0.05, 0) is 37.8 Å². The van der Waals surface area contributed by atoms with Gasteiger partial charge in [-0.2, -0.15) is 4.98 Å². The normalized spacial score (nSPS) is 15.3. The zero-order valence-corrected chi connectivity index (χ0v) is 14.1. The Kier molecular flexibility index (Phi) is 5.11. The molecule has 1 aliphatic rings. The van der Waals surface area contributed by atoms with Gasteiger partial charge in [0.05, 0.1) is 5.56 Å². The number of carboxylic acids is 1. The van der Waals surface area contributed by atoms with Crippen LogP contribution in [0.5, 0.6) is 0 Å². The van der Waals surface area contributed by atoms with Gasteiger partial charge in [0.2, 0.25) is 11.8 Å². The van der Waals surface area contributed by atoms with E-state index >= 15 is 0 Å². The number of hydrogen-bond donors (Lipinski definition) is 1. The molecule has 25 heavy (non-hydrogen) atoms. The second-order valence-electron chi connectivity index (χ2n) is 6.30. The van der Waals surface area contributed by atoms with E-state index in [2.05, 4.69) is 10.1 Å². The fourth-order valence-corrected chi connectivity index (χ4v) is 3.20. The second-order valence-corrected chi connectivity index (χ2v) is 6.30. The van der Waals surface area contributed by atoms with E-state index in [0.717, 1.165) is 12.8 Å². The third-order valence-corrected chi connectivity index (χ3v) is 4.60. The van der Waals surface area contributed by atoms with Crippen LogP contribution in [0.25, 0.3) is 0 Å². The Morgan fingerprint density at radius 2 is 2.00 bits per heavy atom. The molecular weight excluding hydrogens is 322 g/mol. The summed E-state index contributed by atoms with van der Waals surface area (Å²) in [7, 11) is 0. The third kappa shape index (κ3) is 4.04. The van der Waals surface area contributed by atoms with Crippen molar-refractivity contribution in [3.05, 3.63) is 47.1 Å². The molecule has 132 valence electrons. The van der Waals surface area contributed by atoms with Gasteiger partial charge in [-0.3, -0.25) is 4.79 Å². The van der Waals surface area contributed by atoms with Crippen molar-refractivity contribution in [1.29, 1.82) is 0 Å². The van der Waals surface area contributed by atoms with Gasteiger partial charge in [-0.1, -0.05) is 23.4 Å². The van der Waals surface area contributed by atoms with Crippen molar-refractivity contribution in [2.24, 2.45) is 0 Å². The first-order chi connectivity index (χ1) is 12.0. The quantitative estimate of drug-likeness (QED) is 0.895. The summed E-state index contributed by atoms with van der Waals surface area (Å²) >= 11 is 0. The summed E-state index contributed by atoms with van der Waals surface area (Å²) < 4.78 is 5.22. The standard InChI is InChI=1S/C18H21N3O4/c1-12-19-17(25-20-12)14-8-10-21(11-9-14)16(22)7-6-13-4-2-3-5-15(13)18(23)24/h2-5,14H,6-11H2,1H3,(H,23,24). The zero-order chi connectivity index (χ0) is 17.8. The maximum atomic E-state index is 12.4. The van der Waals surface area contributed by atoms with E-state index in [1.165, 1.54) is 0 Å². The summed E-state index contributed by atoms with van der Waals surface area (Å²) in [5, 5.41) is 13.0. The van der Waals surface area contributed by atoms with Gasteiger partial charge in [0.25, 0.3) is 0 Å². The number of piperidine rings is 1. The highest BCUT2D eigenvalue weighted by Crippen LogP contribution is 2.27. The van der Waals surface area contributed by atoms with Crippen LogP contribution >= 0.6 is 0 Å². The van der Waals surface area contributed by atoms with Gasteiger partial charge in [-0.25, -0.2) is 4.79 Å². The van der Waals surface area contributed by atoms with Gasteiger partial charge < -0.3 is 14.5 Å². The lowest BCUT2D eigenvalue weighted by molar-refractivity contribution is -0.132. The Balaban J connectivity index is 1.52. The van der Waals surface area contributed by atoms with Crippen LogP contribution in [-0.4, -0.2) is 45.1 Å². The minimum Gasteiger partial charge on any atom is -0.478 e. The lowest BCUT2D eigenvalue weighted by atomic mass is 9.96. The van der Waals surface area contributed by atoms with E-state index in [4.69, 9.17) is 4.52 Å². The molecule has 7 heteroatoms. The van der Waals surface area contributed by atoms with Gasteiger partial charge in [0.1, 0.15) is 0 Å². The monoisotopic (exact) mass is 343 g/mol. The number of carbonyl (C=O) groups is 2. The molecule has 2 heterocycles. The van der Waals surface area contributed by atoms with Crippen LogP contribution in [0.1, 0.15) is 52.8 Å². The molecule has 1 saturated heterocycles. The van der Waals surface area contributed by atoms with Gasteiger partial charge in [0.15, 0.2) is 5.82 Å². The van der Waals surface area contributed by atoms with E-state index in [1.807, 2.05) is 4.90 Å². The summed E-state index contributed by atoms with van der Waals surface area (Å²) in [4.78, 5) is 29.8. The van der Waals surface area contributed by atoms with Crippen molar-refractivity contribution in [2.45, 2.75) is 38.5 Å². The molecule has 1 N–H and O–H groups in total. The zero-order valence-electron chi connectivity index (χ0n) is 14.1. The first-order valence-corrected chi connectivity index (χ1v) is 8.44. The molecular formula is C18H21N3O4. The molecule has 2 aromatic rings. The van der Waals surface area contributed by atoms with Crippen LogP contribution in [0.15, 0.2) is 28.8 Å². The van der Waals surface area contributed by atoms with Crippen LogP contribution in [0.3, 0.4) is 0 Å². The van der Waals surface area contributed by atoms with Crippen molar-refractivity contribution < 1.29 is 19.2 Å². The number of hydrogen-bond acceptors (Lipinski definition) is 5. The van der Waals surface area contributed by atoms with Crippen molar-refractivity contribution in [1.82, 2.24) is 15.0 Å². The molecule has 0 radical (unpaired) electrons. The summed E-state index contributed by atoms with van der Waals surface area (Å²) in [5.74, 6) is 0.586. The molecule has 0 spiro atoms. The molecule has 0 bridgehead atoms. The van der Waals surface area contributed by atoms with Crippen LogP contribution < -0.4 is 0 Å². The highest BCUT2D eigenvalue weighted by Gasteiger charge is 2.27. The predicted octanol–water partition coefficient (Wildman–Crippen LogP) is 2.42. The molecule has 0 atom stereocenters. The minimum atomic E-state index is -0.960. The number of nitrogens with zero attached hydrogens (tertiary/aromatic N) is 3. The molecule has 0 aliphatic carbocycles. The maximum absolute atomic E-state index is 12.4. The van der Waals surface area contributed by atoms with E-state index in [-0.39, 0.29) is 17.4 Å². The Bertz CT molecular complexity index is 763. The summed E-state index contributed by atoms with van der Waals surface area (Å²) in [6, 6.07) is 6.82. The Hall–Kier alpha value is -2.70. The first-order valence-electron chi connectivity index (χ1n) is 8.44. The first kappa shape index (κ1) is 17.1. The third-order valence-electron chi connectivity index (χ3n) is 4.60. The minimum absolute atomic E-state index is 0.0559. The molecule has 1 fully saturated rings. The smallest absolute Gasteiger partial charge is 0.335 e. The number of likely N-dealkylation sites (tertiary alicyclic amines) is 1. The average Bonchev–Trinajstić information content (AvgIpc) is 3.06. The predicted molar refractivity (Wildman–Crippen MR) is 89.3 cm³/mol. The maximum Gasteiger partial charge on any atom is 0.335 e. The number of aryl methyl sites for hydroxylation is 2. The summed E-state index contributed by atoms with van der Waals surface area (Å²) in [6.45, 7) is 3.11. The van der Waals surface area contributed by atoms with Crippen LogP contribution in [0.2, 0.25) is 0 Å². The largest absolute Gasteiger partial charge is 0.478 e. The number of carboxylic acid groups (broad SMARTS) is 1. The number of aromatic carboxylic acids is 1. The highest BCUT2D eigenvalue weighted by atomic mass is 16.5. The molecule has 0 unspecified atom stereocenters. The highest BCUT2D eigenvalue weighted by molar-refractivity contribution is 5.89. The number of aromatic nitrogens is 2. The van der Waals surface area contributed by atoms with Crippen molar-refractivity contribution in [2.75, 3.05) is 13.1 Å². The number of rotatable bonds is 5. The van der Waals surface area contributed by atoms with Crippen LogP contribution in [0.4, 0.5) is 0 Å². The fraction of sp³-hybridized carbons (Fsp3) is 0.444. The Labute approximate surface area is 145 Å².